The highest BCUT2D eigenvalue weighted by molar-refractivity contribution is 7.46. The van der Waals surface area contributed by atoms with Crippen LogP contribution in [0.2, 0.25) is 5.02 Å². The summed E-state index contributed by atoms with van der Waals surface area (Å²) >= 11 is 6.01. The molecule has 3 rings (SSSR count). The number of ether oxygens (including phenoxy) is 1. The summed E-state index contributed by atoms with van der Waals surface area (Å²) in [6, 6.07) is 4.59. The third-order valence-corrected chi connectivity index (χ3v) is 5.67. The second-order valence-corrected chi connectivity index (χ2v) is 9.68. The number of hydrogen-bond acceptors (Lipinski definition) is 5. The number of benzene rings is 1. The van der Waals surface area contributed by atoms with Gasteiger partial charge in [-0.05, 0) is 12.1 Å². The van der Waals surface area contributed by atoms with Crippen molar-refractivity contribution in [2.45, 2.75) is 46.0 Å². The standard InChI is InChI=1S/C16H22ClO7P/c1-13(2,3)16-14(4,5)9-21-15(16,23-24-16)10-6-7-11(17)12(8-10)22-25(18,19)20/h6-8H,9H2,1-5H3,(H2,18,19,20). The van der Waals surface area contributed by atoms with Crippen molar-refractivity contribution < 1.29 is 33.4 Å². The van der Waals surface area contributed by atoms with E-state index in [9.17, 15) is 4.57 Å². The second kappa shape index (κ2) is 5.42. The molecule has 1 aromatic carbocycles. The Morgan fingerprint density at radius 1 is 1.24 bits per heavy atom. The van der Waals surface area contributed by atoms with E-state index in [1.54, 1.807) is 6.07 Å². The normalized spacial score (nSPS) is 31.4. The van der Waals surface area contributed by atoms with Gasteiger partial charge in [-0.15, -0.1) is 0 Å². The molecule has 1 aromatic rings. The molecule has 2 fully saturated rings. The smallest absolute Gasteiger partial charge is 0.403 e. The largest absolute Gasteiger partial charge is 0.524 e. The van der Waals surface area contributed by atoms with E-state index >= 15 is 0 Å². The Labute approximate surface area is 151 Å². The molecule has 2 atom stereocenters. The zero-order valence-corrected chi connectivity index (χ0v) is 16.4. The van der Waals surface area contributed by atoms with Crippen LogP contribution in [0.1, 0.15) is 40.2 Å². The molecular weight excluding hydrogens is 371 g/mol. The molecule has 2 aliphatic rings. The lowest BCUT2D eigenvalue weighted by atomic mass is 9.57. The van der Waals surface area contributed by atoms with Gasteiger partial charge in [-0.25, -0.2) is 9.45 Å². The summed E-state index contributed by atoms with van der Waals surface area (Å²) in [5.74, 6) is -1.36. The first-order valence-corrected chi connectivity index (χ1v) is 9.73. The predicted molar refractivity (Wildman–Crippen MR) is 89.9 cm³/mol. The number of phosphoric acid groups is 1. The summed E-state index contributed by atoms with van der Waals surface area (Å²) in [6.45, 7) is 10.6. The van der Waals surface area contributed by atoms with Gasteiger partial charge in [-0.2, -0.15) is 4.89 Å². The monoisotopic (exact) mass is 392 g/mol. The van der Waals surface area contributed by atoms with Crippen molar-refractivity contribution in [3.63, 3.8) is 0 Å². The number of hydrogen-bond donors (Lipinski definition) is 2. The fraction of sp³-hybridized carbons (Fsp3) is 0.625. The summed E-state index contributed by atoms with van der Waals surface area (Å²) in [5, 5.41) is 0.0716. The van der Waals surface area contributed by atoms with Crippen LogP contribution in [0, 0.1) is 10.8 Å². The van der Waals surface area contributed by atoms with Crippen molar-refractivity contribution >= 4 is 19.4 Å². The molecule has 140 valence electrons. The van der Waals surface area contributed by atoms with Crippen molar-refractivity contribution in [3.8, 4) is 5.75 Å². The van der Waals surface area contributed by atoms with Crippen LogP contribution in [0.15, 0.2) is 18.2 Å². The van der Waals surface area contributed by atoms with Crippen LogP contribution in [0.4, 0.5) is 0 Å². The van der Waals surface area contributed by atoms with E-state index in [2.05, 4.69) is 0 Å². The molecule has 0 radical (unpaired) electrons. The van der Waals surface area contributed by atoms with Crippen LogP contribution < -0.4 is 4.52 Å². The van der Waals surface area contributed by atoms with E-state index in [0.29, 0.717) is 12.2 Å². The number of fused-ring (bicyclic) bond motifs is 1. The molecule has 9 heteroatoms. The zero-order valence-electron chi connectivity index (χ0n) is 14.7. The molecule has 0 aliphatic carbocycles. The maximum Gasteiger partial charge on any atom is 0.524 e. The molecule has 0 saturated carbocycles. The zero-order chi connectivity index (χ0) is 18.9. The van der Waals surface area contributed by atoms with Crippen LogP contribution in [-0.4, -0.2) is 22.0 Å². The highest BCUT2D eigenvalue weighted by atomic mass is 35.5. The second-order valence-electron chi connectivity index (χ2n) is 8.11. The van der Waals surface area contributed by atoms with Gasteiger partial charge in [0.05, 0.1) is 11.6 Å². The van der Waals surface area contributed by atoms with Gasteiger partial charge in [0.15, 0.2) is 11.4 Å². The van der Waals surface area contributed by atoms with Gasteiger partial charge in [-0.1, -0.05) is 52.3 Å². The quantitative estimate of drug-likeness (QED) is 0.597. The van der Waals surface area contributed by atoms with E-state index < -0.39 is 19.2 Å². The average Bonchev–Trinajstić information content (AvgIpc) is 2.53. The lowest BCUT2D eigenvalue weighted by Crippen LogP contribution is -2.73. The van der Waals surface area contributed by atoms with E-state index in [1.165, 1.54) is 12.1 Å². The molecule has 0 amide bonds. The van der Waals surface area contributed by atoms with Crippen LogP contribution >= 0.6 is 19.4 Å². The predicted octanol–water partition coefficient (Wildman–Crippen LogP) is 3.77. The molecule has 2 unspecified atom stereocenters. The van der Waals surface area contributed by atoms with Crippen molar-refractivity contribution in [1.82, 2.24) is 0 Å². The summed E-state index contributed by atoms with van der Waals surface area (Å²) in [6.07, 6.45) is 0. The summed E-state index contributed by atoms with van der Waals surface area (Å²) in [5.41, 5.74) is -1.00. The number of halogens is 1. The van der Waals surface area contributed by atoms with Crippen LogP contribution in [-0.2, 0) is 24.9 Å². The van der Waals surface area contributed by atoms with E-state index in [-0.39, 0.29) is 21.6 Å². The van der Waals surface area contributed by atoms with Crippen molar-refractivity contribution in [1.29, 1.82) is 0 Å². The van der Waals surface area contributed by atoms with Crippen molar-refractivity contribution in [2.24, 2.45) is 10.8 Å². The molecular formula is C16H22ClO7P. The SMILES string of the molecule is CC(C)(C)C12OOC1(c1ccc(Cl)c(OP(=O)(O)O)c1)OCC2(C)C. The van der Waals surface area contributed by atoms with E-state index in [0.717, 1.165) is 0 Å². The molecule has 2 saturated heterocycles. The van der Waals surface area contributed by atoms with Crippen molar-refractivity contribution in [2.75, 3.05) is 6.61 Å². The molecule has 7 nitrogen and oxygen atoms in total. The minimum Gasteiger partial charge on any atom is -0.403 e. The summed E-state index contributed by atoms with van der Waals surface area (Å²) < 4.78 is 21.9. The van der Waals surface area contributed by atoms with E-state index in [1.807, 2.05) is 34.6 Å². The van der Waals surface area contributed by atoms with Gasteiger partial charge in [0.25, 0.3) is 5.79 Å². The Balaban J connectivity index is 2.13. The Kier molecular flexibility index (Phi) is 4.15. The van der Waals surface area contributed by atoms with Crippen LogP contribution in [0.3, 0.4) is 0 Å². The third-order valence-electron chi connectivity index (χ3n) is 4.92. The molecule has 2 heterocycles. The Bertz CT molecular complexity index is 753. The van der Waals surface area contributed by atoms with Gasteiger partial charge in [0.2, 0.25) is 0 Å². The van der Waals surface area contributed by atoms with E-state index in [4.69, 9.17) is 40.4 Å². The summed E-state index contributed by atoms with van der Waals surface area (Å²) in [7, 11) is -4.76. The highest BCUT2D eigenvalue weighted by Crippen LogP contribution is 2.69. The first kappa shape index (κ1) is 19.1. The minimum absolute atomic E-state index is 0.0716. The molecule has 2 aliphatic heterocycles. The first-order valence-electron chi connectivity index (χ1n) is 7.82. The van der Waals surface area contributed by atoms with Crippen LogP contribution in [0.5, 0.6) is 5.75 Å². The molecule has 0 aromatic heterocycles. The van der Waals surface area contributed by atoms with Crippen LogP contribution in [0.25, 0.3) is 0 Å². The fourth-order valence-corrected chi connectivity index (χ4v) is 4.76. The first-order chi connectivity index (χ1) is 11.3. The maximum atomic E-state index is 11.2. The molecule has 0 spiro atoms. The third kappa shape index (κ3) is 2.57. The van der Waals surface area contributed by atoms with Gasteiger partial charge >= 0.3 is 7.82 Å². The minimum atomic E-state index is -4.76. The Morgan fingerprint density at radius 2 is 1.88 bits per heavy atom. The van der Waals surface area contributed by atoms with Gasteiger partial charge in [0.1, 0.15) is 0 Å². The van der Waals surface area contributed by atoms with Gasteiger partial charge in [0, 0.05) is 16.4 Å². The number of rotatable bonds is 3. The summed E-state index contributed by atoms with van der Waals surface area (Å²) in [4.78, 5) is 29.4. The lowest BCUT2D eigenvalue weighted by molar-refractivity contribution is -0.626. The lowest BCUT2D eigenvalue weighted by Gasteiger charge is -2.61. The fourth-order valence-electron chi connectivity index (χ4n) is 4.14. The topological polar surface area (TPSA) is 94.5 Å². The average molecular weight is 393 g/mol. The Morgan fingerprint density at radius 3 is 2.36 bits per heavy atom. The Hall–Kier alpha value is -0.660. The molecule has 2 N–H and O–H groups in total. The molecule has 0 bridgehead atoms. The van der Waals surface area contributed by atoms with Crippen molar-refractivity contribution in [3.05, 3.63) is 28.8 Å². The maximum absolute atomic E-state index is 11.2. The number of phosphoric ester groups is 1. The highest BCUT2D eigenvalue weighted by Gasteiger charge is 2.81. The van der Waals surface area contributed by atoms with Gasteiger partial charge < -0.3 is 9.26 Å². The van der Waals surface area contributed by atoms with Gasteiger partial charge in [-0.3, -0.25) is 9.79 Å². The molecule has 25 heavy (non-hydrogen) atoms.